The molecule has 0 fully saturated rings. The molecule has 5 nitrogen and oxygen atoms in total. The normalized spacial score (nSPS) is 10.6. The third-order valence-electron chi connectivity index (χ3n) is 2.35. The first-order chi connectivity index (χ1) is 7.59. The van der Waals surface area contributed by atoms with E-state index in [2.05, 4.69) is 4.98 Å². The van der Waals surface area contributed by atoms with E-state index in [0.29, 0.717) is 11.2 Å². The van der Waals surface area contributed by atoms with Crippen molar-refractivity contribution in [2.45, 2.75) is 13.3 Å². The van der Waals surface area contributed by atoms with Crippen LogP contribution in [-0.4, -0.2) is 20.5 Å². The summed E-state index contributed by atoms with van der Waals surface area (Å²) in [5.41, 5.74) is 1.49. The molecule has 0 aliphatic carbocycles. The standard InChI is InChI=1S/C11H10N2O3/c1-7-2-3-8(6-10(15)16)11-12-5-4-9(14)13(7)11/h2-5H,6H2,1H3,(H,15,16). The molecule has 0 aliphatic rings. The van der Waals surface area contributed by atoms with E-state index >= 15 is 0 Å². The van der Waals surface area contributed by atoms with Gasteiger partial charge in [0.15, 0.2) is 0 Å². The van der Waals surface area contributed by atoms with Crippen molar-refractivity contribution in [3.63, 3.8) is 0 Å². The summed E-state index contributed by atoms with van der Waals surface area (Å²) in [4.78, 5) is 26.3. The van der Waals surface area contributed by atoms with Crippen LogP contribution in [0.25, 0.3) is 5.65 Å². The summed E-state index contributed by atoms with van der Waals surface area (Å²) in [6, 6.07) is 4.75. The van der Waals surface area contributed by atoms with Crippen molar-refractivity contribution >= 4 is 11.6 Å². The van der Waals surface area contributed by atoms with Crippen molar-refractivity contribution in [3.8, 4) is 0 Å². The van der Waals surface area contributed by atoms with Crippen molar-refractivity contribution in [1.29, 1.82) is 0 Å². The van der Waals surface area contributed by atoms with Gasteiger partial charge in [-0.2, -0.15) is 0 Å². The quantitative estimate of drug-likeness (QED) is 0.802. The number of carboxylic acids is 1. The molecule has 0 atom stereocenters. The molecule has 5 heteroatoms. The molecule has 0 saturated carbocycles. The Bertz CT molecular complexity index is 616. The van der Waals surface area contributed by atoms with Gasteiger partial charge in [-0.25, -0.2) is 4.98 Å². The van der Waals surface area contributed by atoms with Gasteiger partial charge in [-0.3, -0.25) is 14.0 Å². The number of rotatable bonds is 2. The van der Waals surface area contributed by atoms with Crippen LogP contribution in [0.1, 0.15) is 11.3 Å². The minimum absolute atomic E-state index is 0.139. The van der Waals surface area contributed by atoms with Crippen LogP contribution in [0.5, 0.6) is 0 Å². The van der Waals surface area contributed by atoms with E-state index in [1.54, 1.807) is 19.1 Å². The van der Waals surface area contributed by atoms with Gasteiger partial charge in [-0.15, -0.1) is 0 Å². The van der Waals surface area contributed by atoms with Gasteiger partial charge >= 0.3 is 5.97 Å². The van der Waals surface area contributed by atoms with Crippen LogP contribution in [0.15, 0.2) is 29.2 Å². The highest BCUT2D eigenvalue weighted by atomic mass is 16.4. The SMILES string of the molecule is Cc1ccc(CC(=O)O)c2nccc(=O)n12. The summed E-state index contributed by atoms with van der Waals surface area (Å²) < 4.78 is 1.41. The number of carboxylic acid groups (broad SMARTS) is 1. The molecule has 2 heterocycles. The van der Waals surface area contributed by atoms with Crippen LogP contribution < -0.4 is 5.56 Å². The Hall–Kier alpha value is -2.17. The Morgan fingerprint density at radius 3 is 2.88 bits per heavy atom. The Balaban J connectivity index is 2.79. The summed E-state index contributed by atoms with van der Waals surface area (Å²) >= 11 is 0. The molecule has 16 heavy (non-hydrogen) atoms. The molecular formula is C11H10N2O3. The van der Waals surface area contributed by atoms with E-state index < -0.39 is 5.97 Å². The number of carbonyl (C=O) groups is 1. The number of fused-ring (bicyclic) bond motifs is 1. The second-order valence-electron chi connectivity index (χ2n) is 3.51. The molecular weight excluding hydrogens is 208 g/mol. The monoisotopic (exact) mass is 218 g/mol. The summed E-state index contributed by atoms with van der Waals surface area (Å²) in [5.74, 6) is -0.941. The number of nitrogens with zero attached hydrogens (tertiary/aromatic N) is 2. The molecule has 2 aromatic rings. The van der Waals surface area contributed by atoms with Gasteiger partial charge < -0.3 is 5.11 Å². The molecule has 2 aromatic heterocycles. The molecule has 82 valence electrons. The number of aromatic nitrogens is 2. The highest BCUT2D eigenvalue weighted by molar-refractivity contribution is 5.73. The molecule has 1 N–H and O–H groups in total. The lowest BCUT2D eigenvalue weighted by Gasteiger charge is -2.07. The van der Waals surface area contributed by atoms with Gasteiger partial charge in [0.1, 0.15) is 5.65 Å². The molecule has 0 aromatic carbocycles. The molecule has 0 saturated heterocycles. The maximum Gasteiger partial charge on any atom is 0.307 e. The Labute approximate surface area is 91.0 Å². The maximum atomic E-state index is 11.6. The lowest BCUT2D eigenvalue weighted by atomic mass is 10.2. The van der Waals surface area contributed by atoms with Crippen LogP contribution in [0.2, 0.25) is 0 Å². The van der Waals surface area contributed by atoms with Gasteiger partial charge in [0, 0.05) is 23.5 Å². The lowest BCUT2D eigenvalue weighted by molar-refractivity contribution is -0.136. The molecule has 0 amide bonds. The van der Waals surface area contributed by atoms with Gasteiger partial charge in [0.2, 0.25) is 0 Å². The van der Waals surface area contributed by atoms with Crippen molar-refractivity contribution in [2.75, 3.05) is 0 Å². The van der Waals surface area contributed by atoms with E-state index in [4.69, 9.17) is 5.11 Å². The first-order valence-corrected chi connectivity index (χ1v) is 4.77. The van der Waals surface area contributed by atoms with Crippen molar-refractivity contribution < 1.29 is 9.90 Å². The maximum absolute atomic E-state index is 11.6. The van der Waals surface area contributed by atoms with Gasteiger partial charge in [0.25, 0.3) is 5.56 Å². The molecule has 2 rings (SSSR count). The Kier molecular flexibility index (Phi) is 2.44. The zero-order valence-corrected chi connectivity index (χ0v) is 8.67. The molecule has 0 unspecified atom stereocenters. The van der Waals surface area contributed by atoms with Crippen molar-refractivity contribution in [3.05, 3.63) is 46.0 Å². The third-order valence-corrected chi connectivity index (χ3v) is 2.35. The van der Waals surface area contributed by atoms with Gasteiger partial charge in [-0.05, 0) is 13.0 Å². The number of hydrogen-bond donors (Lipinski definition) is 1. The molecule has 0 radical (unpaired) electrons. The third kappa shape index (κ3) is 1.67. The fraction of sp³-hybridized carbons (Fsp3) is 0.182. The minimum Gasteiger partial charge on any atom is -0.481 e. The van der Waals surface area contributed by atoms with E-state index in [9.17, 15) is 9.59 Å². The summed E-state index contributed by atoms with van der Waals surface area (Å²) in [6.45, 7) is 1.78. The summed E-state index contributed by atoms with van der Waals surface area (Å²) in [6.07, 6.45) is 1.25. The van der Waals surface area contributed by atoms with Crippen LogP contribution in [0.3, 0.4) is 0 Å². The summed E-state index contributed by atoms with van der Waals surface area (Å²) in [7, 11) is 0. The average molecular weight is 218 g/mol. The van der Waals surface area contributed by atoms with Crippen LogP contribution in [0.4, 0.5) is 0 Å². The zero-order valence-electron chi connectivity index (χ0n) is 8.67. The zero-order chi connectivity index (χ0) is 11.7. The molecule has 0 spiro atoms. The Morgan fingerprint density at radius 2 is 2.19 bits per heavy atom. The second-order valence-corrected chi connectivity index (χ2v) is 3.51. The van der Waals surface area contributed by atoms with Crippen molar-refractivity contribution in [1.82, 2.24) is 9.38 Å². The largest absolute Gasteiger partial charge is 0.481 e. The second kappa shape index (κ2) is 3.77. The van der Waals surface area contributed by atoms with Crippen LogP contribution in [-0.2, 0) is 11.2 Å². The van der Waals surface area contributed by atoms with Crippen molar-refractivity contribution in [2.24, 2.45) is 0 Å². The molecule has 0 bridgehead atoms. The number of pyridine rings is 1. The van der Waals surface area contributed by atoms with Crippen LogP contribution in [0, 0.1) is 6.92 Å². The highest BCUT2D eigenvalue weighted by Gasteiger charge is 2.08. The first kappa shape index (κ1) is 10.4. The first-order valence-electron chi connectivity index (χ1n) is 4.77. The fourth-order valence-electron chi connectivity index (χ4n) is 1.65. The number of hydrogen-bond acceptors (Lipinski definition) is 3. The molecule has 0 aliphatic heterocycles. The number of aryl methyl sites for hydroxylation is 1. The topological polar surface area (TPSA) is 71.7 Å². The van der Waals surface area contributed by atoms with Gasteiger partial charge in [0.05, 0.1) is 6.42 Å². The van der Waals surface area contributed by atoms with E-state index in [1.165, 1.54) is 16.7 Å². The van der Waals surface area contributed by atoms with Crippen LogP contribution >= 0.6 is 0 Å². The minimum atomic E-state index is -0.941. The highest BCUT2D eigenvalue weighted by Crippen LogP contribution is 2.09. The van der Waals surface area contributed by atoms with E-state index in [1.807, 2.05) is 0 Å². The predicted octanol–water partition coefficient (Wildman–Crippen LogP) is 0.630. The van der Waals surface area contributed by atoms with Gasteiger partial charge in [-0.1, -0.05) is 6.07 Å². The van der Waals surface area contributed by atoms with E-state index in [-0.39, 0.29) is 12.0 Å². The Morgan fingerprint density at radius 1 is 1.44 bits per heavy atom. The average Bonchev–Trinajstić information content (AvgIpc) is 2.22. The number of aliphatic carboxylic acids is 1. The smallest absolute Gasteiger partial charge is 0.307 e. The predicted molar refractivity (Wildman–Crippen MR) is 57.5 cm³/mol. The fourth-order valence-corrected chi connectivity index (χ4v) is 1.65. The summed E-state index contributed by atoms with van der Waals surface area (Å²) in [5, 5.41) is 8.75. The van der Waals surface area contributed by atoms with E-state index in [0.717, 1.165) is 5.69 Å². The lowest BCUT2D eigenvalue weighted by Crippen LogP contribution is -2.17.